The number of hydrogen-bond donors (Lipinski definition) is 2. The fraction of sp³-hybridized carbons (Fsp3) is 0.200. The molecule has 1 aromatic rings. The van der Waals surface area contributed by atoms with E-state index in [2.05, 4.69) is 21.1 Å². The van der Waals surface area contributed by atoms with Crippen LogP contribution in [0.25, 0.3) is 0 Å². The largest absolute Gasteiger partial charge is 0.479 e. The third-order valence-electron chi connectivity index (χ3n) is 1.82. The van der Waals surface area contributed by atoms with E-state index in [1.165, 1.54) is 13.1 Å². The van der Waals surface area contributed by atoms with Crippen molar-refractivity contribution in [3.05, 3.63) is 28.2 Å². The Morgan fingerprint density at radius 3 is 2.88 bits per heavy atom. The molecule has 0 radical (unpaired) electrons. The van der Waals surface area contributed by atoms with Crippen LogP contribution in [0.5, 0.6) is 5.75 Å². The van der Waals surface area contributed by atoms with Gasteiger partial charge in [0.15, 0.2) is 6.10 Å². The van der Waals surface area contributed by atoms with E-state index in [4.69, 9.17) is 15.1 Å². The number of benzene rings is 1. The molecule has 0 saturated heterocycles. The van der Waals surface area contributed by atoms with Gasteiger partial charge in [0.05, 0.1) is 6.21 Å². The number of carbonyl (C=O) groups is 1. The Labute approximate surface area is 100 Å². The summed E-state index contributed by atoms with van der Waals surface area (Å²) in [6.07, 6.45) is 0.210. The zero-order valence-electron chi connectivity index (χ0n) is 8.42. The molecule has 0 heterocycles. The number of ether oxygens (including phenoxy) is 1. The van der Waals surface area contributed by atoms with Crippen molar-refractivity contribution in [1.82, 2.24) is 0 Å². The maximum Gasteiger partial charge on any atom is 0.344 e. The number of oxime groups is 1. The van der Waals surface area contributed by atoms with Gasteiger partial charge in [-0.2, -0.15) is 0 Å². The first-order valence-corrected chi connectivity index (χ1v) is 5.20. The van der Waals surface area contributed by atoms with Crippen LogP contribution in [0.4, 0.5) is 0 Å². The molecule has 16 heavy (non-hydrogen) atoms. The predicted octanol–water partition coefficient (Wildman–Crippen LogP) is 2.11. The zero-order valence-corrected chi connectivity index (χ0v) is 10.0. The third kappa shape index (κ3) is 3.23. The van der Waals surface area contributed by atoms with Crippen molar-refractivity contribution < 1.29 is 19.8 Å². The molecule has 2 N–H and O–H groups in total. The van der Waals surface area contributed by atoms with Gasteiger partial charge in [-0.15, -0.1) is 0 Å². The molecule has 0 amide bonds. The fourth-order valence-corrected chi connectivity index (χ4v) is 1.41. The Hall–Kier alpha value is -1.56. The number of nitrogens with zero attached hydrogens (tertiary/aromatic N) is 1. The van der Waals surface area contributed by atoms with E-state index in [1.54, 1.807) is 18.2 Å². The quantitative estimate of drug-likeness (QED) is 0.505. The van der Waals surface area contributed by atoms with Crippen LogP contribution < -0.4 is 4.74 Å². The van der Waals surface area contributed by atoms with E-state index in [-0.39, 0.29) is 0 Å². The minimum atomic E-state index is -1.06. The van der Waals surface area contributed by atoms with Crippen LogP contribution in [0.2, 0.25) is 0 Å². The van der Waals surface area contributed by atoms with Crippen molar-refractivity contribution in [2.24, 2.45) is 5.16 Å². The van der Waals surface area contributed by atoms with Gasteiger partial charge in [-0.3, -0.25) is 0 Å². The summed E-state index contributed by atoms with van der Waals surface area (Å²) in [6.45, 7) is 1.42. The van der Waals surface area contributed by atoms with Crippen LogP contribution in [-0.4, -0.2) is 28.6 Å². The van der Waals surface area contributed by atoms with E-state index >= 15 is 0 Å². The lowest BCUT2D eigenvalue weighted by Gasteiger charge is -2.12. The van der Waals surface area contributed by atoms with E-state index in [0.29, 0.717) is 11.3 Å². The molecule has 86 valence electrons. The van der Waals surface area contributed by atoms with Crippen LogP contribution in [0.15, 0.2) is 27.8 Å². The molecule has 0 saturated carbocycles. The first-order chi connectivity index (χ1) is 7.54. The monoisotopic (exact) mass is 287 g/mol. The molecule has 0 aliphatic heterocycles. The summed E-state index contributed by atoms with van der Waals surface area (Å²) >= 11 is 3.25. The normalized spacial score (nSPS) is 12.6. The number of carboxylic acid groups (broad SMARTS) is 1. The molecule has 1 unspecified atom stereocenters. The maximum atomic E-state index is 10.6. The second-order valence-corrected chi connectivity index (χ2v) is 3.94. The molecule has 0 aliphatic carbocycles. The Morgan fingerprint density at radius 1 is 1.62 bits per heavy atom. The summed E-state index contributed by atoms with van der Waals surface area (Å²) in [6, 6.07) is 4.96. The van der Waals surface area contributed by atoms with Gasteiger partial charge >= 0.3 is 5.97 Å². The SMILES string of the molecule is CC(Oc1ccc(Br)cc1C=NO)C(=O)O. The van der Waals surface area contributed by atoms with E-state index < -0.39 is 12.1 Å². The number of hydrogen-bond acceptors (Lipinski definition) is 4. The summed E-state index contributed by atoms with van der Waals surface area (Å²) < 4.78 is 5.97. The van der Waals surface area contributed by atoms with Crippen LogP contribution >= 0.6 is 15.9 Å². The molecule has 5 nitrogen and oxygen atoms in total. The maximum absolute atomic E-state index is 10.6. The summed E-state index contributed by atoms with van der Waals surface area (Å²) in [5.41, 5.74) is 0.491. The fourth-order valence-electron chi connectivity index (χ4n) is 1.03. The molecular weight excluding hydrogens is 278 g/mol. The Kier molecular flexibility index (Phi) is 4.30. The Morgan fingerprint density at radius 2 is 2.31 bits per heavy atom. The van der Waals surface area contributed by atoms with Crippen molar-refractivity contribution >= 4 is 28.1 Å². The molecule has 1 aromatic carbocycles. The van der Waals surface area contributed by atoms with Gasteiger partial charge < -0.3 is 15.1 Å². The smallest absolute Gasteiger partial charge is 0.344 e. The number of carboxylic acids is 1. The van der Waals surface area contributed by atoms with Crippen molar-refractivity contribution in [3.8, 4) is 5.75 Å². The summed E-state index contributed by atoms with van der Waals surface area (Å²) in [4.78, 5) is 10.6. The number of rotatable bonds is 4. The van der Waals surface area contributed by atoms with Crippen LogP contribution in [-0.2, 0) is 4.79 Å². The van der Waals surface area contributed by atoms with Gasteiger partial charge in [0, 0.05) is 10.0 Å². The molecule has 1 atom stereocenters. The van der Waals surface area contributed by atoms with Crippen LogP contribution in [0.3, 0.4) is 0 Å². The first-order valence-electron chi connectivity index (χ1n) is 4.41. The minimum Gasteiger partial charge on any atom is -0.479 e. The molecule has 0 aliphatic rings. The number of halogens is 1. The molecule has 0 aromatic heterocycles. The lowest BCUT2D eigenvalue weighted by molar-refractivity contribution is -0.144. The van der Waals surface area contributed by atoms with Gasteiger partial charge in [-0.25, -0.2) is 4.79 Å². The molecule has 0 fully saturated rings. The Bertz CT molecular complexity index is 419. The Balaban J connectivity index is 2.99. The molecular formula is C10H10BrNO4. The van der Waals surface area contributed by atoms with Crippen molar-refractivity contribution in [2.45, 2.75) is 13.0 Å². The van der Waals surface area contributed by atoms with Gasteiger partial charge in [0.2, 0.25) is 0 Å². The van der Waals surface area contributed by atoms with E-state index in [1.807, 2.05) is 0 Å². The highest BCUT2D eigenvalue weighted by atomic mass is 79.9. The van der Waals surface area contributed by atoms with Crippen LogP contribution in [0, 0.1) is 0 Å². The molecule has 1 rings (SSSR count). The highest BCUT2D eigenvalue weighted by Crippen LogP contribution is 2.22. The highest BCUT2D eigenvalue weighted by Gasteiger charge is 2.14. The van der Waals surface area contributed by atoms with Gasteiger partial charge in [-0.1, -0.05) is 21.1 Å². The van der Waals surface area contributed by atoms with Crippen molar-refractivity contribution in [2.75, 3.05) is 0 Å². The highest BCUT2D eigenvalue weighted by molar-refractivity contribution is 9.10. The van der Waals surface area contributed by atoms with E-state index in [0.717, 1.165) is 4.47 Å². The summed E-state index contributed by atoms with van der Waals surface area (Å²) in [7, 11) is 0. The first kappa shape index (κ1) is 12.5. The van der Waals surface area contributed by atoms with Gasteiger partial charge in [-0.05, 0) is 25.1 Å². The zero-order chi connectivity index (χ0) is 12.1. The topological polar surface area (TPSA) is 79.1 Å². The van der Waals surface area contributed by atoms with Crippen LogP contribution in [0.1, 0.15) is 12.5 Å². The predicted molar refractivity (Wildman–Crippen MR) is 61.2 cm³/mol. The van der Waals surface area contributed by atoms with Gasteiger partial charge in [0.1, 0.15) is 5.75 Å². The average molecular weight is 288 g/mol. The third-order valence-corrected chi connectivity index (χ3v) is 2.31. The van der Waals surface area contributed by atoms with Gasteiger partial charge in [0.25, 0.3) is 0 Å². The molecule has 6 heteroatoms. The standard InChI is InChI=1S/C10H10BrNO4/c1-6(10(13)14)16-9-3-2-8(11)4-7(9)5-12-15/h2-6,15H,1H3,(H,13,14). The van der Waals surface area contributed by atoms with Crippen molar-refractivity contribution in [3.63, 3.8) is 0 Å². The summed E-state index contributed by atoms with van der Waals surface area (Å²) in [5, 5.41) is 20.0. The summed E-state index contributed by atoms with van der Waals surface area (Å²) in [5.74, 6) is -0.717. The molecule has 0 spiro atoms. The number of aliphatic carboxylic acids is 1. The minimum absolute atomic E-state index is 0.343. The molecule has 0 bridgehead atoms. The second-order valence-electron chi connectivity index (χ2n) is 3.03. The van der Waals surface area contributed by atoms with E-state index in [9.17, 15) is 4.79 Å². The average Bonchev–Trinajstić information content (AvgIpc) is 2.22. The lowest BCUT2D eigenvalue weighted by Crippen LogP contribution is -2.23. The second kappa shape index (κ2) is 5.50. The van der Waals surface area contributed by atoms with Crippen molar-refractivity contribution in [1.29, 1.82) is 0 Å². The lowest BCUT2D eigenvalue weighted by atomic mass is 10.2.